The minimum atomic E-state index is -4.94. The maximum Gasteiger partial charge on any atom is 0.471 e. The lowest BCUT2D eigenvalue weighted by Crippen LogP contribution is -2.38. The number of hydrogen-bond acceptors (Lipinski definition) is 2. The Morgan fingerprint density at radius 2 is 1.89 bits per heavy atom. The fourth-order valence-corrected chi connectivity index (χ4v) is 1.56. The Balaban J connectivity index is 2.90. The molecule has 0 aromatic heterocycles. The van der Waals surface area contributed by atoms with Crippen LogP contribution in [-0.4, -0.2) is 23.2 Å². The van der Waals surface area contributed by atoms with Crippen LogP contribution in [0.15, 0.2) is 18.2 Å². The highest BCUT2D eigenvalue weighted by atomic mass is 19.4. The Labute approximate surface area is 107 Å². The first-order chi connectivity index (χ1) is 8.62. The molecule has 1 atom stereocenters. The van der Waals surface area contributed by atoms with Gasteiger partial charge in [-0.15, -0.1) is 0 Å². The van der Waals surface area contributed by atoms with Crippen LogP contribution in [0.3, 0.4) is 0 Å². The number of hydrogen-bond donors (Lipinski definition) is 2. The van der Waals surface area contributed by atoms with Gasteiger partial charge in [-0.2, -0.15) is 13.2 Å². The van der Waals surface area contributed by atoms with Crippen molar-refractivity contribution in [3.8, 4) is 0 Å². The molecule has 0 fully saturated rings. The van der Waals surface area contributed by atoms with E-state index in [1.807, 2.05) is 0 Å². The minimum Gasteiger partial charge on any atom is -0.478 e. The zero-order chi connectivity index (χ0) is 14.8. The minimum absolute atomic E-state index is 0.0677. The van der Waals surface area contributed by atoms with Gasteiger partial charge in [-0.1, -0.05) is 12.1 Å². The van der Waals surface area contributed by atoms with Crippen LogP contribution in [-0.2, 0) is 4.79 Å². The largest absolute Gasteiger partial charge is 0.478 e. The van der Waals surface area contributed by atoms with Crippen molar-refractivity contribution in [3.05, 3.63) is 34.9 Å². The smallest absolute Gasteiger partial charge is 0.471 e. The molecule has 1 rings (SSSR count). The molecule has 0 bridgehead atoms. The zero-order valence-corrected chi connectivity index (χ0v) is 10.2. The number of nitrogens with one attached hydrogen (secondary N) is 1. The van der Waals surface area contributed by atoms with Crippen molar-refractivity contribution in [2.75, 3.05) is 0 Å². The van der Waals surface area contributed by atoms with E-state index in [-0.39, 0.29) is 5.56 Å². The number of carboxylic acids is 1. The third-order valence-electron chi connectivity index (χ3n) is 2.59. The number of rotatable bonds is 3. The van der Waals surface area contributed by atoms with Gasteiger partial charge >= 0.3 is 18.1 Å². The van der Waals surface area contributed by atoms with Crippen LogP contribution < -0.4 is 5.32 Å². The molecule has 0 aliphatic carbocycles. The Morgan fingerprint density at radius 1 is 1.32 bits per heavy atom. The first-order valence-electron chi connectivity index (χ1n) is 5.34. The van der Waals surface area contributed by atoms with E-state index in [1.54, 1.807) is 5.32 Å². The van der Waals surface area contributed by atoms with Gasteiger partial charge in [0.15, 0.2) is 0 Å². The molecule has 4 nitrogen and oxygen atoms in total. The van der Waals surface area contributed by atoms with Gasteiger partial charge in [-0.3, -0.25) is 4.79 Å². The lowest BCUT2D eigenvalue weighted by atomic mass is 10.0. The van der Waals surface area contributed by atoms with Crippen LogP contribution in [0.1, 0.15) is 34.5 Å². The van der Waals surface area contributed by atoms with E-state index < -0.39 is 24.1 Å². The first kappa shape index (κ1) is 15.0. The summed E-state index contributed by atoms with van der Waals surface area (Å²) in [5.74, 6) is -3.14. The molecule has 0 saturated carbocycles. The summed E-state index contributed by atoms with van der Waals surface area (Å²) < 4.78 is 36.3. The molecule has 104 valence electrons. The number of carbonyl (C=O) groups is 2. The highest BCUT2D eigenvalue weighted by Gasteiger charge is 2.39. The fraction of sp³-hybridized carbons (Fsp3) is 0.333. The van der Waals surface area contributed by atoms with Crippen LogP contribution >= 0.6 is 0 Å². The summed E-state index contributed by atoms with van der Waals surface area (Å²) in [6.07, 6.45) is -4.94. The summed E-state index contributed by atoms with van der Waals surface area (Å²) in [6.45, 7) is 2.92. The second-order valence-corrected chi connectivity index (χ2v) is 4.07. The van der Waals surface area contributed by atoms with Crippen molar-refractivity contribution in [3.63, 3.8) is 0 Å². The molecule has 0 aliphatic rings. The Morgan fingerprint density at radius 3 is 2.32 bits per heavy atom. The second-order valence-electron chi connectivity index (χ2n) is 4.07. The molecule has 7 heteroatoms. The Bertz CT molecular complexity index is 511. The van der Waals surface area contributed by atoms with E-state index in [0.29, 0.717) is 11.1 Å². The van der Waals surface area contributed by atoms with Gasteiger partial charge in [-0.05, 0) is 31.0 Å². The molecule has 0 aliphatic heterocycles. The van der Waals surface area contributed by atoms with Crippen molar-refractivity contribution < 1.29 is 27.9 Å². The maximum atomic E-state index is 12.1. The van der Waals surface area contributed by atoms with Crippen molar-refractivity contribution in [1.29, 1.82) is 0 Å². The number of carbonyl (C=O) groups excluding carboxylic acids is 1. The molecule has 19 heavy (non-hydrogen) atoms. The van der Waals surface area contributed by atoms with Crippen molar-refractivity contribution in [2.24, 2.45) is 0 Å². The zero-order valence-electron chi connectivity index (χ0n) is 10.2. The van der Waals surface area contributed by atoms with Crippen LogP contribution in [0.25, 0.3) is 0 Å². The summed E-state index contributed by atoms with van der Waals surface area (Å²) in [6, 6.07) is 3.24. The van der Waals surface area contributed by atoms with Crippen molar-refractivity contribution >= 4 is 11.9 Å². The Kier molecular flexibility index (Phi) is 4.18. The summed E-state index contributed by atoms with van der Waals surface area (Å²) in [4.78, 5) is 21.6. The topological polar surface area (TPSA) is 66.4 Å². The Hall–Kier alpha value is -2.05. The average molecular weight is 275 g/mol. The molecule has 0 unspecified atom stereocenters. The molecule has 0 heterocycles. The van der Waals surface area contributed by atoms with Crippen LogP contribution in [0, 0.1) is 6.92 Å². The number of benzene rings is 1. The molecule has 1 aromatic carbocycles. The fourth-order valence-electron chi connectivity index (χ4n) is 1.56. The SMILES string of the molecule is Cc1cc([C@H](C)NC(=O)C(F)(F)F)ccc1C(=O)O. The monoisotopic (exact) mass is 275 g/mol. The molecule has 1 aromatic rings. The number of aryl methyl sites for hydroxylation is 1. The number of aromatic carboxylic acids is 1. The quantitative estimate of drug-likeness (QED) is 0.890. The number of amides is 1. The van der Waals surface area contributed by atoms with Crippen LogP contribution in [0.2, 0.25) is 0 Å². The van der Waals surface area contributed by atoms with E-state index in [0.717, 1.165) is 0 Å². The van der Waals surface area contributed by atoms with Gasteiger partial charge in [-0.25, -0.2) is 4.79 Å². The van der Waals surface area contributed by atoms with E-state index in [1.165, 1.54) is 32.0 Å². The number of alkyl halides is 3. The molecule has 0 radical (unpaired) electrons. The molecule has 2 N–H and O–H groups in total. The van der Waals surface area contributed by atoms with E-state index in [4.69, 9.17) is 5.11 Å². The molecule has 0 saturated heterocycles. The van der Waals surface area contributed by atoms with Gasteiger partial charge in [0.05, 0.1) is 11.6 Å². The maximum absolute atomic E-state index is 12.1. The third kappa shape index (κ3) is 3.70. The van der Waals surface area contributed by atoms with Gasteiger partial charge in [0.25, 0.3) is 0 Å². The van der Waals surface area contributed by atoms with Gasteiger partial charge in [0, 0.05) is 0 Å². The van der Waals surface area contributed by atoms with E-state index in [9.17, 15) is 22.8 Å². The van der Waals surface area contributed by atoms with Crippen LogP contribution in [0.5, 0.6) is 0 Å². The van der Waals surface area contributed by atoms with Gasteiger partial charge < -0.3 is 10.4 Å². The highest BCUT2D eigenvalue weighted by molar-refractivity contribution is 5.89. The summed E-state index contributed by atoms with van der Waals surface area (Å²) in [5.41, 5.74) is 0.885. The van der Waals surface area contributed by atoms with Gasteiger partial charge in [0.1, 0.15) is 0 Å². The molecular weight excluding hydrogens is 263 g/mol. The van der Waals surface area contributed by atoms with Crippen molar-refractivity contribution in [1.82, 2.24) is 5.32 Å². The average Bonchev–Trinajstić information content (AvgIpc) is 2.26. The lowest BCUT2D eigenvalue weighted by molar-refractivity contribution is -0.174. The number of halogens is 3. The lowest BCUT2D eigenvalue weighted by Gasteiger charge is -2.16. The van der Waals surface area contributed by atoms with Crippen LogP contribution in [0.4, 0.5) is 13.2 Å². The molecular formula is C12H12F3NO3. The first-order valence-corrected chi connectivity index (χ1v) is 5.34. The summed E-state index contributed by atoms with van der Waals surface area (Å²) >= 11 is 0. The predicted molar refractivity (Wildman–Crippen MR) is 60.8 cm³/mol. The second kappa shape index (κ2) is 5.29. The predicted octanol–water partition coefficient (Wildman–Crippen LogP) is 2.43. The number of carboxylic acid groups (broad SMARTS) is 1. The van der Waals surface area contributed by atoms with Crippen molar-refractivity contribution in [2.45, 2.75) is 26.1 Å². The summed E-state index contributed by atoms with van der Waals surface area (Å²) in [7, 11) is 0. The highest BCUT2D eigenvalue weighted by Crippen LogP contribution is 2.20. The molecule has 0 spiro atoms. The van der Waals surface area contributed by atoms with E-state index >= 15 is 0 Å². The molecule has 1 amide bonds. The normalized spacial score (nSPS) is 12.9. The van der Waals surface area contributed by atoms with E-state index in [2.05, 4.69) is 0 Å². The third-order valence-corrected chi connectivity index (χ3v) is 2.59. The summed E-state index contributed by atoms with van der Waals surface area (Å²) in [5, 5.41) is 10.6. The van der Waals surface area contributed by atoms with Gasteiger partial charge in [0.2, 0.25) is 0 Å². The standard InChI is InChI=1S/C12H12F3NO3/c1-6-5-8(3-4-9(6)10(17)18)7(2)16-11(19)12(13,14)15/h3-5,7H,1-2H3,(H,16,19)(H,17,18)/t7-/m0/s1.